The van der Waals surface area contributed by atoms with Crippen molar-refractivity contribution in [2.45, 2.75) is 32.5 Å². The molecule has 36 heavy (non-hydrogen) atoms. The number of benzene rings is 1. The first-order valence-electron chi connectivity index (χ1n) is 10.9. The second kappa shape index (κ2) is 10.7. The van der Waals surface area contributed by atoms with Crippen molar-refractivity contribution >= 4 is 42.3 Å². The third-order valence-corrected chi connectivity index (χ3v) is 6.80. The van der Waals surface area contributed by atoms with Gasteiger partial charge in [-0.3, -0.25) is 9.36 Å². The van der Waals surface area contributed by atoms with E-state index in [0.717, 1.165) is 0 Å². The largest absolute Gasteiger partial charge is 0.513 e. The van der Waals surface area contributed by atoms with E-state index in [1.54, 1.807) is 37.3 Å². The molecule has 4 rings (SSSR count). The third-order valence-electron chi connectivity index (χ3n) is 5.02. The maximum absolute atomic E-state index is 13.8. The minimum atomic E-state index is -4.23. The lowest BCUT2D eigenvalue weighted by Gasteiger charge is -2.23. The van der Waals surface area contributed by atoms with Crippen LogP contribution in [0.2, 0.25) is 5.28 Å². The quantitative estimate of drug-likeness (QED) is 0.196. The maximum Gasteiger partial charge on any atom is 0.513 e. The van der Waals surface area contributed by atoms with Crippen LogP contribution in [0.4, 0.5) is 5.82 Å². The van der Waals surface area contributed by atoms with E-state index in [1.807, 2.05) is 0 Å². The Labute approximate surface area is 210 Å². The van der Waals surface area contributed by atoms with E-state index in [9.17, 15) is 14.5 Å². The molecule has 1 aromatic carbocycles. The summed E-state index contributed by atoms with van der Waals surface area (Å²) in [5, 5.41) is 12.4. The number of nitrogen functional groups attached to an aromatic ring is 1. The predicted molar refractivity (Wildman–Crippen MR) is 129 cm³/mol. The Bertz CT molecular complexity index is 1340. The van der Waals surface area contributed by atoms with Crippen molar-refractivity contribution in [3.63, 3.8) is 0 Å². The predicted octanol–water partition coefficient (Wildman–Crippen LogP) is 2.93. The van der Waals surface area contributed by atoms with Crippen LogP contribution < -0.4 is 15.3 Å². The number of nitrogens with two attached hydrogens (primary N) is 1. The third kappa shape index (κ3) is 5.54. The fourth-order valence-corrected chi connectivity index (χ4v) is 5.19. The van der Waals surface area contributed by atoms with Crippen LogP contribution in [0.1, 0.15) is 26.5 Å². The molecule has 0 saturated carbocycles. The van der Waals surface area contributed by atoms with Gasteiger partial charge in [0.05, 0.1) is 13.0 Å². The van der Waals surface area contributed by atoms with Crippen LogP contribution in [0.15, 0.2) is 48.2 Å². The van der Waals surface area contributed by atoms with Gasteiger partial charge < -0.3 is 29.4 Å². The van der Waals surface area contributed by atoms with Crippen LogP contribution in [0.25, 0.3) is 11.2 Å². The lowest BCUT2D eigenvalue weighted by atomic mass is 10.3. The molecule has 0 fully saturated rings. The number of fused-ring (bicyclic) bond motifs is 1. The summed E-state index contributed by atoms with van der Waals surface area (Å²) in [4.78, 5) is 24.4. The molecule has 0 bridgehead atoms. The number of ether oxygens (including phenoxy) is 2. The van der Waals surface area contributed by atoms with Crippen LogP contribution in [-0.2, 0) is 23.4 Å². The lowest BCUT2D eigenvalue weighted by molar-refractivity contribution is -0.144. The highest BCUT2D eigenvalue weighted by molar-refractivity contribution is 7.52. The highest BCUT2D eigenvalue weighted by Gasteiger charge is 2.39. The smallest absolute Gasteiger partial charge is 0.468 e. The van der Waals surface area contributed by atoms with Gasteiger partial charge in [-0.25, -0.2) is 9.55 Å². The van der Waals surface area contributed by atoms with Gasteiger partial charge >= 0.3 is 13.7 Å². The van der Waals surface area contributed by atoms with Crippen molar-refractivity contribution in [3.05, 3.63) is 53.5 Å². The van der Waals surface area contributed by atoms with Gasteiger partial charge in [-0.2, -0.15) is 15.1 Å². The molecule has 192 valence electrons. The van der Waals surface area contributed by atoms with Gasteiger partial charge in [-0.15, -0.1) is 0 Å². The number of hydrogen-bond acceptors (Lipinski definition) is 11. The van der Waals surface area contributed by atoms with Crippen LogP contribution in [-0.4, -0.2) is 49.9 Å². The molecule has 0 saturated heterocycles. The van der Waals surface area contributed by atoms with Crippen LogP contribution in [0.3, 0.4) is 0 Å². The van der Waals surface area contributed by atoms with E-state index >= 15 is 0 Å². The molecule has 0 radical (unpaired) electrons. The standard InChI is InChI=1S/C21H24ClN6O7P/c1-3-32-20(30)12(2)27-36(31,34-13-7-5-4-6-8-13)35-14-9-16(33-15(14)10-29)28-11-24-17-18(23)25-21(22)26-19(17)28/h4-8,11-12,16,29H,3,9-10H2,1-2H3,(H,27,31)(H2,23,25,26)/t12-,16+,36?/m0/s1. The van der Waals surface area contributed by atoms with Crippen LogP contribution in [0, 0.1) is 0 Å². The maximum atomic E-state index is 13.8. The Hall–Kier alpha value is -3.38. The monoisotopic (exact) mass is 538 g/mol. The number of carbonyl (C=O) groups is 1. The first-order valence-corrected chi connectivity index (χ1v) is 12.8. The zero-order valence-corrected chi connectivity index (χ0v) is 21.0. The van der Waals surface area contributed by atoms with E-state index < -0.39 is 32.6 Å². The number of nitrogens with one attached hydrogen (secondary N) is 1. The molecule has 1 aliphatic rings. The Morgan fingerprint density at radius 2 is 2.11 bits per heavy atom. The van der Waals surface area contributed by atoms with Gasteiger partial charge in [-0.05, 0) is 37.6 Å². The summed E-state index contributed by atoms with van der Waals surface area (Å²) >= 11 is 5.95. The molecule has 3 atom stereocenters. The average molecular weight is 539 g/mol. The fourth-order valence-electron chi connectivity index (χ4n) is 3.43. The Kier molecular flexibility index (Phi) is 7.65. The normalized spacial score (nSPS) is 17.9. The molecule has 3 heterocycles. The highest BCUT2D eigenvalue weighted by Crippen LogP contribution is 2.50. The number of anilines is 1. The summed E-state index contributed by atoms with van der Waals surface area (Å²) in [5.74, 6) is -0.272. The van der Waals surface area contributed by atoms with Crippen molar-refractivity contribution in [1.29, 1.82) is 0 Å². The minimum Gasteiger partial charge on any atom is -0.468 e. The molecule has 3 aromatic rings. The number of para-hydroxylation sites is 1. The van der Waals surface area contributed by atoms with Gasteiger partial charge in [-0.1, -0.05) is 18.2 Å². The first kappa shape index (κ1) is 25.7. The average Bonchev–Trinajstić information content (AvgIpc) is 3.43. The van der Waals surface area contributed by atoms with E-state index in [0.29, 0.717) is 11.2 Å². The SMILES string of the molecule is CCOC(=O)[C@H](C)NP(=O)(OC1=C(CO)O[C@@H](n2cnc3c(N)nc(Cl)nc32)C1)Oc1ccccc1. The van der Waals surface area contributed by atoms with E-state index in [1.165, 1.54) is 17.8 Å². The number of imidazole rings is 1. The summed E-state index contributed by atoms with van der Waals surface area (Å²) in [5.41, 5.74) is 6.48. The molecular formula is C21H24ClN6O7P. The fraction of sp³-hybridized carbons (Fsp3) is 0.333. The summed E-state index contributed by atoms with van der Waals surface area (Å²) in [6.45, 7) is 2.70. The van der Waals surface area contributed by atoms with E-state index in [-0.39, 0.29) is 41.4 Å². The summed E-state index contributed by atoms with van der Waals surface area (Å²) in [7, 11) is -4.23. The summed E-state index contributed by atoms with van der Waals surface area (Å²) in [6, 6.07) is 7.25. The van der Waals surface area contributed by atoms with Crippen molar-refractivity contribution in [2.24, 2.45) is 0 Å². The number of esters is 1. The van der Waals surface area contributed by atoms with E-state index in [4.69, 9.17) is 35.9 Å². The molecule has 0 aliphatic carbocycles. The molecule has 1 aliphatic heterocycles. The first-order chi connectivity index (χ1) is 17.2. The van der Waals surface area contributed by atoms with Gasteiger partial charge in [0.15, 0.2) is 29.2 Å². The molecule has 15 heteroatoms. The summed E-state index contributed by atoms with van der Waals surface area (Å²) in [6.07, 6.45) is 0.654. The molecule has 2 aromatic heterocycles. The highest BCUT2D eigenvalue weighted by atomic mass is 35.5. The zero-order valence-electron chi connectivity index (χ0n) is 19.3. The van der Waals surface area contributed by atoms with Crippen LogP contribution >= 0.6 is 19.3 Å². The number of rotatable bonds is 10. The molecule has 13 nitrogen and oxygen atoms in total. The summed E-state index contributed by atoms with van der Waals surface area (Å²) < 4.78 is 37.6. The van der Waals surface area contributed by atoms with Crippen molar-refractivity contribution in [2.75, 3.05) is 18.9 Å². The number of aromatic nitrogens is 4. The number of hydrogen-bond donors (Lipinski definition) is 3. The molecule has 4 N–H and O–H groups in total. The van der Waals surface area contributed by atoms with E-state index in [2.05, 4.69) is 20.0 Å². The Balaban J connectivity index is 1.61. The Morgan fingerprint density at radius 3 is 2.81 bits per heavy atom. The molecular weight excluding hydrogens is 515 g/mol. The van der Waals surface area contributed by atoms with Crippen molar-refractivity contribution < 1.29 is 33.0 Å². The van der Waals surface area contributed by atoms with Gasteiger partial charge in [0.1, 0.15) is 30.2 Å². The van der Waals surface area contributed by atoms with Gasteiger partial charge in [0, 0.05) is 0 Å². The second-order valence-electron chi connectivity index (χ2n) is 7.58. The van der Waals surface area contributed by atoms with Crippen molar-refractivity contribution in [1.82, 2.24) is 24.6 Å². The second-order valence-corrected chi connectivity index (χ2v) is 9.54. The zero-order chi connectivity index (χ0) is 25.9. The van der Waals surface area contributed by atoms with Gasteiger partial charge in [0.2, 0.25) is 5.28 Å². The topological polar surface area (TPSA) is 173 Å². The minimum absolute atomic E-state index is 0.0115. The molecule has 0 amide bonds. The number of aliphatic hydroxyl groups is 1. The van der Waals surface area contributed by atoms with Crippen LogP contribution in [0.5, 0.6) is 5.75 Å². The van der Waals surface area contributed by atoms with Crippen molar-refractivity contribution in [3.8, 4) is 5.75 Å². The Morgan fingerprint density at radius 1 is 1.36 bits per heavy atom. The number of halogens is 1. The number of nitrogens with zero attached hydrogens (tertiary/aromatic N) is 4. The molecule has 1 unspecified atom stereocenters. The molecule has 0 spiro atoms. The lowest BCUT2D eigenvalue weighted by Crippen LogP contribution is -2.35. The number of carbonyl (C=O) groups excluding carboxylic acids is 1. The van der Waals surface area contributed by atoms with Gasteiger partial charge in [0.25, 0.3) is 0 Å². The number of aliphatic hydroxyl groups excluding tert-OH is 1.